The van der Waals surface area contributed by atoms with E-state index in [-0.39, 0.29) is 5.91 Å². The number of thiophene rings is 1. The van der Waals surface area contributed by atoms with Crippen molar-refractivity contribution in [1.82, 2.24) is 10.2 Å². The molecular weight excluding hydrogens is 354 g/mol. The molecule has 2 aliphatic rings. The standard InChI is InChI=1S/C18H21N3O4S/c19-12-18(7-1-2-8-18)20-15(22)11-25-17(24)13-5-3-9-21(13)16(23)14-6-4-10-26-14/h4,6,10,13H,1-3,5,7-9,11H2,(H,20,22)/t13-/m0/s1. The molecule has 1 aliphatic heterocycles. The molecule has 1 saturated carbocycles. The molecule has 138 valence electrons. The van der Waals surface area contributed by atoms with Gasteiger partial charge in [0, 0.05) is 6.54 Å². The normalized spacial score (nSPS) is 21.2. The maximum absolute atomic E-state index is 12.5. The van der Waals surface area contributed by atoms with Crippen LogP contribution in [0.2, 0.25) is 0 Å². The third-order valence-electron chi connectivity index (χ3n) is 4.91. The average Bonchev–Trinajstić information content (AvgIpc) is 3.40. The fraction of sp³-hybridized carbons (Fsp3) is 0.556. The molecule has 0 aromatic carbocycles. The summed E-state index contributed by atoms with van der Waals surface area (Å²) in [4.78, 5) is 39.0. The number of likely N-dealkylation sites (tertiary alicyclic amines) is 1. The topological polar surface area (TPSA) is 99.5 Å². The Kier molecular flexibility index (Phi) is 5.57. The van der Waals surface area contributed by atoms with Crippen LogP contribution >= 0.6 is 11.3 Å². The van der Waals surface area contributed by atoms with E-state index in [4.69, 9.17) is 4.74 Å². The van der Waals surface area contributed by atoms with Crippen LogP contribution < -0.4 is 5.32 Å². The van der Waals surface area contributed by atoms with E-state index in [0.717, 1.165) is 19.3 Å². The van der Waals surface area contributed by atoms with Gasteiger partial charge in [0.05, 0.1) is 10.9 Å². The molecule has 3 rings (SSSR count). The molecule has 2 amide bonds. The van der Waals surface area contributed by atoms with Gasteiger partial charge in [-0.3, -0.25) is 9.59 Å². The first-order valence-electron chi connectivity index (χ1n) is 8.78. The summed E-state index contributed by atoms with van der Waals surface area (Å²) >= 11 is 1.33. The molecule has 1 saturated heterocycles. The number of hydrogen-bond acceptors (Lipinski definition) is 6. The number of nitriles is 1. The Labute approximate surface area is 155 Å². The minimum Gasteiger partial charge on any atom is -0.454 e. The van der Waals surface area contributed by atoms with E-state index >= 15 is 0 Å². The number of amides is 2. The van der Waals surface area contributed by atoms with Gasteiger partial charge in [0.2, 0.25) is 0 Å². The van der Waals surface area contributed by atoms with Crippen LogP contribution in [0.15, 0.2) is 17.5 Å². The van der Waals surface area contributed by atoms with Gasteiger partial charge in [-0.15, -0.1) is 11.3 Å². The zero-order valence-corrected chi connectivity index (χ0v) is 15.2. The number of carbonyl (C=O) groups is 3. The first-order chi connectivity index (χ1) is 12.5. The van der Waals surface area contributed by atoms with Gasteiger partial charge in [0.15, 0.2) is 6.61 Å². The van der Waals surface area contributed by atoms with Gasteiger partial charge in [-0.25, -0.2) is 4.79 Å². The predicted octanol–water partition coefficient (Wildman–Crippen LogP) is 1.85. The Bertz CT molecular complexity index is 719. The van der Waals surface area contributed by atoms with Crippen LogP contribution in [0, 0.1) is 11.3 Å². The van der Waals surface area contributed by atoms with Gasteiger partial charge in [0.1, 0.15) is 11.6 Å². The van der Waals surface area contributed by atoms with Gasteiger partial charge in [0.25, 0.3) is 11.8 Å². The van der Waals surface area contributed by atoms with Crippen molar-refractivity contribution in [1.29, 1.82) is 5.26 Å². The number of ether oxygens (including phenoxy) is 1. The molecule has 0 radical (unpaired) electrons. The van der Waals surface area contributed by atoms with Gasteiger partial charge < -0.3 is 15.0 Å². The summed E-state index contributed by atoms with van der Waals surface area (Å²) in [6.07, 6.45) is 4.29. The molecule has 1 atom stereocenters. The lowest BCUT2D eigenvalue weighted by Crippen LogP contribution is -2.47. The molecule has 0 unspecified atom stereocenters. The molecule has 2 heterocycles. The fourth-order valence-corrected chi connectivity index (χ4v) is 4.25. The zero-order valence-electron chi connectivity index (χ0n) is 14.4. The lowest BCUT2D eigenvalue weighted by Gasteiger charge is -2.24. The molecule has 1 aromatic rings. The Morgan fingerprint density at radius 1 is 1.35 bits per heavy atom. The highest BCUT2D eigenvalue weighted by atomic mass is 32.1. The second-order valence-corrected chi connectivity index (χ2v) is 7.64. The van der Waals surface area contributed by atoms with Crippen LogP contribution in [0.1, 0.15) is 48.2 Å². The Balaban J connectivity index is 1.53. The van der Waals surface area contributed by atoms with Crippen LogP contribution in [0.25, 0.3) is 0 Å². The van der Waals surface area contributed by atoms with Crippen molar-refractivity contribution >= 4 is 29.1 Å². The summed E-state index contributed by atoms with van der Waals surface area (Å²) < 4.78 is 5.13. The van der Waals surface area contributed by atoms with Crippen molar-refractivity contribution in [2.75, 3.05) is 13.2 Å². The number of rotatable bonds is 5. The van der Waals surface area contributed by atoms with Crippen LogP contribution in [0.5, 0.6) is 0 Å². The predicted molar refractivity (Wildman–Crippen MR) is 94.3 cm³/mol. The quantitative estimate of drug-likeness (QED) is 0.792. The number of esters is 1. The molecule has 1 aliphatic carbocycles. The SMILES string of the molecule is N#CC1(NC(=O)COC(=O)[C@@H]2CCCN2C(=O)c2cccs2)CCCC1. The fourth-order valence-electron chi connectivity index (χ4n) is 3.58. The lowest BCUT2D eigenvalue weighted by molar-refractivity contribution is -0.152. The number of hydrogen-bond donors (Lipinski definition) is 1. The monoisotopic (exact) mass is 375 g/mol. The van der Waals surface area contributed by atoms with Gasteiger partial charge in [-0.05, 0) is 50.0 Å². The molecule has 26 heavy (non-hydrogen) atoms. The van der Waals surface area contributed by atoms with Gasteiger partial charge in [-0.2, -0.15) is 5.26 Å². The first-order valence-corrected chi connectivity index (χ1v) is 9.66. The van der Waals surface area contributed by atoms with E-state index in [1.165, 1.54) is 16.2 Å². The van der Waals surface area contributed by atoms with Crippen molar-refractivity contribution in [2.24, 2.45) is 0 Å². The third kappa shape index (κ3) is 3.88. The Morgan fingerprint density at radius 3 is 2.77 bits per heavy atom. The van der Waals surface area contributed by atoms with Crippen LogP contribution in [-0.2, 0) is 14.3 Å². The van der Waals surface area contributed by atoms with E-state index in [0.29, 0.717) is 30.7 Å². The number of nitrogens with one attached hydrogen (secondary N) is 1. The van der Waals surface area contributed by atoms with E-state index in [2.05, 4.69) is 11.4 Å². The molecule has 0 bridgehead atoms. The highest BCUT2D eigenvalue weighted by Gasteiger charge is 2.38. The zero-order chi connectivity index (χ0) is 18.6. The van der Waals surface area contributed by atoms with Crippen molar-refractivity contribution in [3.63, 3.8) is 0 Å². The van der Waals surface area contributed by atoms with E-state index in [9.17, 15) is 19.6 Å². The number of carbonyl (C=O) groups excluding carboxylic acids is 3. The van der Waals surface area contributed by atoms with Crippen LogP contribution in [0.4, 0.5) is 0 Å². The van der Waals surface area contributed by atoms with E-state index in [1.807, 2.05) is 5.38 Å². The summed E-state index contributed by atoms with van der Waals surface area (Å²) in [6, 6.07) is 5.02. The summed E-state index contributed by atoms with van der Waals surface area (Å²) in [7, 11) is 0. The number of nitrogens with zero attached hydrogens (tertiary/aromatic N) is 2. The van der Waals surface area contributed by atoms with Crippen molar-refractivity contribution in [3.05, 3.63) is 22.4 Å². The maximum atomic E-state index is 12.5. The Hall–Kier alpha value is -2.40. The molecule has 7 nitrogen and oxygen atoms in total. The summed E-state index contributed by atoms with van der Waals surface area (Å²) in [5.41, 5.74) is -0.835. The molecule has 1 N–H and O–H groups in total. The second kappa shape index (κ2) is 7.87. The second-order valence-electron chi connectivity index (χ2n) is 6.69. The third-order valence-corrected chi connectivity index (χ3v) is 5.77. The highest BCUT2D eigenvalue weighted by molar-refractivity contribution is 7.12. The lowest BCUT2D eigenvalue weighted by atomic mass is 10.00. The van der Waals surface area contributed by atoms with Crippen LogP contribution in [0.3, 0.4) is 0 Å². The highest BCUT2D eigenvalue weighted by Crippen LogP contribution is 2.28. The molecule has 1 aromatic heterocycles. The smallest absolute Gasteiger partial charge is 0.329 e. The van der Waals surface area contributed by atoms with Crippen molar-refractivity contribution in [3.8, 4) is 6.07 Å². The maximum Gasteiger partial charge on any atom is 0.329 e. The molecular formula is C18H21N3O4S. The average molecular weight is 375 g/mol. The summed E-state index contributed by atoms with van der Waals surface area (Å²) in [6.45, 7) is 0.0695. The van der Waals surface area contributed by atoms with Crippen LogP contribution in [-0.4, -0.2) is 47.4 Å². The molecule has 2 fully saturated rings. The molecule has 8 heteroatoms. The van der Waals surface area contributed by atoms with Crippen molar-refractivity contribution < 1.29 is 19.1 Å². The minimum absolute atomic E-state index is 0.182. The Morgan fingerprint density at radius 2 is 2.12 bits per heavy atom. The van der Waals surface area contributed by atoms with E-state index in [1.54, 1.807) is 12.1 Å². The largest absolute Gasteiger partial charge is 0.454 e. The first kappa shape index (κ1) is 18.4. The van der Waals surface area contributed by atoms with Gasteiger partial charge >= 0.3 is 5.97 Å². The van der Waals surface area contributed by atoms with Gasteiger partial charge in [-0.1, -0.05) is 6.07 Å². The van der Waals surface area contributed by atoms with E-state index < -0.39 is 30.1 Å². The summed E-state index contributed by atoms with van der Waals surface area (Å²) in [5.74, 6) is -1.23. The van der Waals surface area contributed by atoms with Crippen molar-refractivity contribution in [2.45, 2.75) is 50.1 Å². The molecule has 0 spiro atoms. The summed E-state index contributed by atoms with van der Waals surface area (Å²) in [5, 5.41) is 13.8. The minimum atomic E-state index is -0.835.